The second-order valence-electron chi connectivity index (χ2n) is 5.66. The molecule has 1 amide bonds. The van der Waals surface area contributed by atoms with E-state index in [1.807, 2.05) is 25.1 Å². The van der Waals surface area contributed by atoms with Gasteiger partial charge in [-0.2, -0.15) is 0 Å². The molecule has 1 N–H and O–H groups in total. The molecule has 25 heavy (non-hydrogen) atoms. The van der Waals surface area contributed by atoms with Gasteiger partial charge in [0.2, 0.25) is 5.91 Å². The summed E-state index contributed by atoms with van der Waals surface area (Å²) in [6.07, 6.45) is 3.38. The first-order chi connectivity index (χ1) is 12.0. The van der Waals surface area contributed by atoms with Crippen LogP contribution >= 0.6 is 0 Å². The van der Waals surface area contributed by atoms with Crippen molar-refractivity contribution in [1.29, 1.82) is 0 Å². The summed E-state index contributed by atoms with van der Waals surface area (Å²) in [6, 6.07) is 7.46. The van der Waals surface area contributed by atoms with E-state index in [0.717, 1.165) is 22.2 Å². The van der Waals surface area contributed by atoms with E-state index in [9.17, 15) is 4.79 Å². The number of aromatic nitrogens is 2. The fraction of sp³-hybridized carbons (Fsp3) is 0.211. The molecule has 0 aliphatic rings. The quantitative estimate of drug-likeness (QED) is 0.788. The number of amides is 1. The Bertz CT molecular complexity index is 954. The molecule has 1 aromatic carbocycles. The van der Waals surface area contributed by atoms with Gasteiger partial charge in [-0.15, -0.1) is 0 Å². The Morgan fingerprint density at radius 2 is 1.92 bits per heavy atom. The maximum Gasteiger partial charge on any atom is 0.221 e. The van der Waals surface area contributed by atoms with Gasteiger partial charge in [-0.3, -0.25) is 9.78 Å². The lowest BCUT2D eigenvalue weighted by Crippen LogP contribution is -2.07. The van der Waals surface area contributed by atoms with Crippen molar-refractivity contribution in [2.45, 2.75) is 13.8 Å². The van der Waals surface area contributed by atoms with Crippen molar-refractivity contribution < 1.29 is 14.3 Å². The number of methoxy groups -OCH3 is 2. The highest BCUT2D eigenvalue weighted by atomic mass is 16.5. The highest BCUT2D eigenvalue weighted by Crippen LogP contribution is 2.35. The number of fused-ring (bicyclic) bond motifs is 1. The minimum Gasteiger partial charge on any atom is -0.495 e. The van der Waals surface area contributed by atoms with E-state index < -0.39 is 0 Å². The molecule has 0 atom stereocenters. The Kier molecular flexibility index (Phi) is 4.52. The Morgan fingerprint density at radius 1 is 1.12 bits per heavy atom. The zero-order chi connectivity index (χ0) is 18.0. The smallest absolute Gasteiger partial charge is 0.221 e. The number of ether oxygens (including phenoxy) is 2. The molecule has 0 aliphatic heterocycles. The molecule has 2 heterocycles. The molecule has 0 bridgehead atoms. The number of aryl methyl sites for hydroxylation is 1. The molecule has 3 aromatic rings. The van der Waals surface area contributed by atoms with Gasteiger partial charge in [0.1, 0.15) is 17.0 Å². The van der Waals surface area contributed by atoms with Crippen LogP contribution in [0, 0.1) is 6.92 Å². The number of benzene rings is 1. The van der Waals surface area contributed by atoms with Crippen LogP contribution in [0.15, 0.2) is 36.7 Å². The number of anilines is 1. The van der Waals surface area contributed by atoms with E-state index >= 15 is 0 Å². The van der Waals surface area contributed by atoms with Crippen molar-refractivity contribution in [3.8, 4) is 22.8 Å². The van der Waals surface area contributed by atoms with Crippen molar-refractivity contribution in [2.75, 3.05) is 19.5 Å². The third-order valence-corrected chi connectivity index (χ3v) is 3.90. The lowest BCUT2D eigenvalue weighted by molar-refractivity contribution is -0.114. The summed E-state index contributed by atoms with van der Waals surface area (Å²) in [6.45, 7) is 3.46. The van der Waals surface area contributed by atoms with E-state index in [1.54, 1.807) is 32.7 Å². The molecular formula is C19H19N3O3. The van der Waals surface area contributed by atoms with Crippen molar-refractivity contribution in [1.82, 2.24) is 9.97 Å². The maximum atomic E-state index is 11.5. The SMILES string of the molecule is COc1cncc(-c2cc(C)c3c(NC(C)=O)ccc(OC)c3n2)c1. The summed E-state index contributed by atoms with van der Waals surface area (Å²) in [5.41, 5.74) is 3.98. The molecule has 0 fully saturated rings. The van der Waals surface area contributed by atoms with Crippen LogP contribution in [0.25, 0.3) is 22.2 Å². The predicted octanol–water partition coefficient (Wildman–Crippen LogP) is 3.58. The molecule has 0 saturated heterocycles. The summed E-state index contributed by atoms with van der Waals surface area (Å²) in [5, 5.41) is 3.71. The van der Waals surface area contributed by atoms with Crippen molar-refractivity contribution in [3.63, 3.8) is 0 Å². The number of rotatable bonds is 4. The van der Waals surface area contributed by atoms with Gasteiger partial charge in [0.15, 0.2) is 0 Å². The summed E-state index contributed by atoms with van der Waals surface area (Å²) < 4.78 is 10.7. The molecule has 0 radical (unpaired) electrons. The standard InChI is InChI=1S/C19H19N3O3/c1-11-7-16(13-8-14(24-3)10-20-9-13)22-19-17(25-4)6-5-15(18(11)19)21-12(2)23/h5-10H,1-4H3,(H,21,23). The number of carbonyl (C=O) groups is 1. The third-order valence-electron chi connectivity index (χ3n) is 3.90. The zero-order valence-electron chi connectivity index (χ0n) is 14.6. The van der Waals surface area contributed by atoms with Crippen LogP contribution in [0.4, 0.5) is 5.69 Å². The minimum atomic E-state index is -0.132. The summed E-state index contributed by atoms with van der Waals surface area (Å²) >= 11 is 0. The Balaban J connectivity index is 2.25. The number of hydrogen-bond acceptors (Lipinski definition) is 5. The summed E-state index contributed by atoms with van der Waals surface area (Å²) in [7, 11) is 3.20. The lowest BCUT2D eigenvalue weighted by atomic mass is 10.0. The van der Waals surface area contributed by atoms with Gasteiger partial charge >= 0.3 is 0 Å². The maximum absolute atomic E-state index is 11.5. The van der Waals surface area contributed by atoms with E-state index in [0.29, 0.717) is 22.7 Å². The van der Waals surface area contributed by atoms with Crippen molar-refractivity contribution in [2.24, 2.45) is 0 Å². The average molecular weight is 337 g/mol. The molecule has 0 aliphatic carbocycles. The van der Waals surface area contributed by atoms with E-state index in [2.05, 4.69) is 10.3 Å². The van der Waals surface area contributed by atoms with Gasteiger partial charge < -0.3 is 14.8 Å². The van der Waals surface area contributed by atoms with Crippen LogP contribution < -0.4 is 14.8 Å². The van der Waals surface area contributed by atoms with Crippen LogP contribution in [0.2, 0.25) is 0 Å². The molecule has 0 spiro atoms. The molecule has 0 unspecified atom stereocenters. The summed E-state index contributed by atoms with van der Waals surface area (Å²) in [4.78, 5) is 20.4. The van der Waals surface area contributed by atoms with Gasteiger partial charge in [-0.05, 0) is 36.8 Å². The number of hydrogen-bond donors (Lipinski definition) is 1. The Labute approximate surface area is 145 Å². The first-order valence-electron chi connectivity index (χ1n) is 7.79. The number of pyridine rings is 2. The van der Waals surface area contributed by atoms with E-state index in [-0.39, 0.29) is 5.91 Å². The van der Waals surface area contributed by atoms with Gasteiger partial charge in [0.05, 0.1) is 31.8 Å². The first kappa shape index (κ1) is 16.7. The van der Waals surface area contributed by atoms with Gasteiger partial charge in [0, 0.05) is 24.1 Å². The molecule has 6 heteroatoms. The van der Waals surface area contributed by atoms with Crippen LogP contribution in [0.1, 0.15) is 12.5 Å². The van der Waals surface area contributed by atoms with Crippen molar-refractivity contribution >= 4 is 22.5 Å². The van der Waals surface area contributed by atoms with Crippen LogP contribution in [0.5, 0.6) is 11.5 Å². The second-order valence-corrected chi connectivity index (χ2v) is 5.66. The van der Waals surface area contributed by atoms with Crippen LogP contribution in [0.3, 0.4) is 0 Å². The Morgan fingerprint density at radius 3 is 2.60 bits per heavy atom. The van der Waals surface area contributed by atoms with Gasteiger partial charge in [-0.1, -0.05) is 0 Å². The average Bonchev–Trinajstić information content (AvgIpc) is 2.61. The van der Waals surface area contributed by atoms with Gasteiger partial charge in [0.25, 0.3) is 0 Å². The molecule has 3 rings (SSSR count). The molecule has 2 aromatic heterocycles. The molecular weight excluding hydrogens is 318 g/mol. The topological polar surface area (TPSA) is 73.3 Å². The largest absolute Gasteiger partial charge is 0.495 e. The summed E-state index contributed by atoms with van der Waals surface area (Å²) in [5.74, 6) is 1.17. The number of carbonyl (C=O) groups excluding carboxylic acids is 1. The lowest BCUT2D eigenvalue weighted by Gasteiger charge is -2.14. The molecule has 128 valence electrons. The highest BCUT2D eigenvalue weighted by molar-refractivity contribution is 6.04. The Hall–Kier alpha value is -3.15. The fourth-order valence-corrected chi connectivity index (χ4v) is 2.79. The van der Waals surface area contributed by atoms with E-state index in [4.69, 9.17) is 14.5 Å². The number of nitrogens with one attached hydrogen (secondary N) is 1. The van der Waals surface area contributed by atoms with E-state index in [1.165, 1.54) is 6.92 Å². The molecule has 0 saturated carbocycles. The minimum absolute atomic E-state index is 0.132. The number of nitrogens with zero attached hydrogens (tertiary/aromatic N) is 2. The fourth-order valence-electron chi connectivity index (χ4n) is 2.79. The van der Waals surface area contributed by atoms with Crippen LogP contribution in [-0.2, 0) is 4.79 Å². The molecule has 6 nitrogen and oxygen atoms in total. The monoisotopic (exact) mass is 337 g/mol. The normalized spacial score (nSPS) is 10.6. The first-order valence-corrected chi connectivity index (χ1v) is 7.79. The van der Waals surface area contributed by atoms with Crippen molar-refractivity contribution in [3.05, 3.63) is 42.2 Å². The van der Waals surface area contributed by atoms with Crippen LogP contribution in [-0.4, -0.2) is 30.1 Å². The third kappa shape index (κ3) is 3.24. The highest BCUT2D eigenvalue weighted by Gasteiger charge is 2.14. The second kappa shape index (κ2) is 6.76. The zero-order valence-corrected chi connectivity index (χ0v) is 14.6. The van der Waals surface area contributed by atoms with Gasteiger partial charge in [-0.25, -0.2) is 4.98 Å². The predicted molar refractivity (Wildman–Crippen MR) is 97.1 cm³/mol.